The monoisotopic (exact) mass is 332 g/mol. The molecule has 3 rings (SSSR count). The molecule has 0 saturated carbocycles. The molecule has 0 aliphatic carbocycles. The summed E-state index contributed by atoms with van der Waals surface area (Å²) in [5, 5.41) is 16.7. The van der Waals surface area contributed by atoms with E-state index in [2.05, 4.69) is 10.4 Å². The second-order valence-corrected chi connectivity index (χ2v) is 6.11. The lowest BCUT2D eigenvalue weighted by Crippen LogP contribution is -2.40. The maximum Gasteiger partial charge on any atom is 0.239 e. The molecular weight excluding hydrogens is 311 g/mol. The highest BCUT2D eigenvalue weighted by Crippen LogP contribution is 2.18. The van der Waals surface area contributed by atoms with E-state index in [1.54, 1.807) is 22.9 Å². The van der Waals surface area contributed by atoms with Crippen molar-refractivity contribution in [2.45, 2.75) is 25.9 Å². The highest BCUT2D eigenvalue weighted by atomic mass is 19.1. The second-order valence-electron chi connectivity index (χ2n) is 6.11. The molecule has 0 bridgehead atoms. The molecular formula is C17H21FN4O2. The van der Waals surface area contributed by atoms with Crippen molar-refractivity contribution in [3.63, 3.8) is 0 Å². The molecule has 2 heterocycles. The summed E-state index contributed by atoms with van der Waals surface area (Å²) >= 11 is 0. The van der Waals surface area contributed by atoms with Crippen LogP contribution in [0.25, 0.3) is 5.69 Å². The first-order valence-electron chi connectivity index (χ1n) is 8.04. The lowest BCUT2D eigenvalue weighted by molar-refractivity contribution is -0.117. The maximum atomic E-state index is 13.1. The van der Waals surface area contributed by atoms with E-state index in [1.807, 2.05) is 11.8 Å². The number of aromatic nitrogens is 2. The number of halogens is 1. The fraction of sp³-hybridized carbons (Fsp3) is 0.412. The number of nitrogens with zero attached hydrogens (tertiary/aromatic N) is 3. The van der Waals surface area contributed by atoms with Crippen molar-refractivity contribution in [3.05, 3.63) is 41.8 Å². The van der Waals surface area contributed by atoms with Crippen LogP contribution in [0.2, 0.25) is 0 Å². The van der Waals surface area contributed by atoms with E-state index in [4.69, 9.17) is 0 Å². The van der Waals surface area contributed by atoms with Gasteiger partial charge in [-0.15, -0.1) is 0 Å². The third-order valence-electron chi connectivity index (χ3n) is 4.09. The van der Waals surface area contributed by atoms with E-state index in [0.717, 1.165) is 5.69 Å². The molecule has 128 valence electrons. The molecule has 1 aliphatic heterocycles. The van der Waals surface area contributed by atoms with Gasteiger partial charge in [0, 0.05) is 19.2 Å². The zero-order valence-corrected chi connectivity index (χ0v) is 13.6. The van der Waals surface area contributed by atoms with Gasteiger partial charge in [0.15, 0.2) is 0 Å². The topological polar surface area (TPSA) is 70.4 Å². The van der Waals surface area contributed by atoms with Gasteiger partial charge >= 0.3 is 0 Å². The minimum absolute atomic E-state index is 0.130. The maximum absolute atomic E-state index is 13.1. The number of aliphatic hydroxyl groups is 1. The quantitative estimate of drug-likeness (QED) is 0.894. The van der Waals surface area contributed by atoms with Crippen LogP contribution in [0.3, 0.4) is 0 Å². The number of piperidine rings is 1. The van der Waals surface area contributed by atoms with Crippen LogP contribution in [0.4, 0.5) is 10.2 Å². The van der Waals surface area contributed by atoms with Crippen LogP contribution in [-0.4, -0.2) is 51.4 Å². The zero-order chi connectivity index (χ0) is 17.1. The van der Waals surface area contributed by atoms with Crippen molar-refractivity contribution >= 4 is 11.7 Å². The van der Waals surface area contributed by atoms with E-state index < -0.39 is 0 Å². The van der Waals surface area contributed by atoms with Crippen molar-refractivity contribution in [2.75, 3.05) is 25.0 Å². The Morgan fingerprint density at radius 2 is 2.00 bits per heavy atom. The summed E-state index contributed by atoms with van der Waals surface area (Å²) in [6.07, 6.45) is 1.13. The molecule has 6 nitrogen and oxygen atoms in total. The molecule has 1 aromatic carbocycles. The summed E-state index contributed by atoms with van der Waals surface area (Å²) < 4.78 is 14.7. The van der Waals surface area contributed by atoms with Gasteiger partial charge in [-0.3, -0.25) is 9.69 Å². The summed E-state index contributed by atoms with van der Waals surface area (Å²) in [6.45, 7) is 3.54. The minimum Gasteiger partial charge on any atom is -0.393 e. The fourth-order valence-electron chi connectivity index (χ4n) is 2.83. The van der Waals surface area contributed by atoms with E-state index in [9.17, 15) is 14.3 Å². The number of nitrogens with one attached hydrogen (secondary N) is 1. The predicted molar refractivity (Wildman–Crippen MR) is 88.6 cm³/mol. The summed E-state index contributed by atoms with van der Waals surface area (Å²) in [7, 11) is 0. The molecule has 1 aromatic heterocycles. The van der Waals surface area contributed by atoms with Gasteiger partial charge in [0.05, 0.1) is 24.0 Å². The van der Waals surface area contributed by atoms with Crippen LogP contribution >= 0.6 is 0 Å². The summed E-state index contributed by atoms with van der Waals surface area (Å²) in [5.74, 6) is 0.108. The van der Waals surface area contributed by atoms with E-state index in [-0.39, 0.29) is 24.4 Å². The Hall–Kier alpha value is -2.25. The number of carbonyl (C=O) groups excluding carboxylic acids is 1. The standard InChI is InChI=1S/C17H21FN4O2/c1-12-10-16(22(20-12)14-4-2-13(18)3-5-14)19-17(24)11-21-8-6-15(23)7-9-21/h2-5,10,15,23H,6-9,11H2,1H3,(H,19,24). The highest BCUT2D eigenvalue weighted by Gasteiger charge is 2.20. The van der Waals surface area contributed by atoms with Crippen molar-refractivity contribution in [1.82, 2.24) is 14.7 Å². The number of hydrogen-bond acceptors (Lipinski definition) is 4. The van der Waals surface area contributed by atoms with E-state index in [0.29, 0.717) is 37.4 Å². The van der Waals surface area contributed by atoms with Crippen molar-refractivity contribution < 1.29 is 14.3 Å². The molecule has 2 N–H and O–H groups in total. The molecule has 7 heteroatoms. The Morgan fingerprint density at radius 3 is 2.67 bits per heavy atom. The van der Waals surface area contributed by atoms with Gasteiger partial charge in [-0.25, -0.2) is 9.07 Å². The van der Waals surface area contributed by atoms with Crippen LogP contribution in [0.1, 0.15) is 18.5 Å². The molecule has 1 fully saturated rings. The number of benzene rings is 1. The SMILES string of the molecule is Cc1cc(NC(=O)CN2CCC(O)CC2)n(-c2ccc(F)cc2)n1. The van der Waals surface area contributed by atoms with Crippen LogP contribution in [0, 0.1) is 12.7 Å². The van der Waals surface area contributed by atoms with Gasteiger partial charge in [0.2, 0.25) is 5.91 Å². The van der Waals surface area contributed by atoms with Crippen LogP contribution in [-0.2, 0) is 4.79 Å². The van der Waals surface area contributed by atoms with Crippen molar-refractivity contribution in [3.8, 4) is 5.69 Å². The third-order valence-corrected chi connectivity index (χ3v) is 4.09. The molecule has 0 radical (unpaired) electrons. The number of likely N-dealkylation sites (tertiary alicyclic amines) is 1. The molecule has 1 aliphatic rings. The second kappa shape index (κ2) is 7.11. The lowest BCUT2D eigenvalue weighted by atomic mass is 10.1. The fourth-order valence-corrected chi connectivity index (χ4v) is 2.83. The number of rotatable bonds is 4. The molecule has 2 aromatic rings. The third kappa shape index (κ3) is 3.98. The Kier molecular flexibility index (Phi) is 4.92. The Bertz CT molecular complexity index is 706. The first-order chi connectivity index (χ1) is 11.5. The predicted octanol–water partition coefficient (Wildman–Crippen LogP) is 1.72. The average Bonchev–Trinajstić information content (AvgIpc) is 2.90. The highest BCUT2D eigenvalue weighted by molar-refractivity contribution is 5.91. The number of anilines is 1. The summed E-state index contributed by atoms with van der Waals surface area (Å²) in [5.41, 5.74) is 1.44. The molecule has 24 heavy (non-hydrogen) atoms. The number of hydrogen-bond donors (Lipinski definition) is 2. The Labute approximate surface area is 139 Å². The molecule has 0 spiro atoms. The zero-order valence-electron chi connectivity index (χ0n) is 13.6. The number of aliphatic hydroxyl groups excluding tert-OH is 1. The molecule has 1 amide bonds. The molecule has 1 saturated heterocycles. The van der Waals surface area contributed by atoms with E-state index in [1.165, 1.54) is 12.1 Å². The van der Waals surface area contributed by atoms with Crippen LogP contribution in [0.15, 0.2) is 30.3 Å². The van der Waals surface area contributed by atoms with Crippen molar-refractivity contribution in [1.29, 1.82) is 0 Å². The van der Waals surface area contributed by atoms with Gasteiger partial charge in [0.25, 0.3) is 0 Å². The molecule has 0 unspecified atom stereocenters. The van der Waals surface area contributed by atoms with Gasteiger partial charge < -0.3 is 10.4 Å². The first-order valence-corrected chi connectivity index (χ1v) is 8.04. The van der Waals surface area contributed by atoms with Crippen molar-refractivity contribution in [2.24, 2.45) is 0 Å². The Morgan fingerprint density at radius 1 is 1.33 bits per heavy atom. The van der Waals surface area contributed by atoms with Gasteiger partial charge in [-0.05, 0) is 44.0 Å². The summed E-state index contributed by atoms with van der Waals surface area (Å²) in [4.78, 5) is 14.3. The van der Waals surface area contributed by atoms with Gasteiger partial charge in [-0.2, -0.15) is 5.10 Å². The number of carbonyl (C=O) groups is 1. The average molecular weight is 332 g/mol. The first kappa shape index (κ1) is 16.6. The van der Waals surface area contributed by atoms with Gasteiger partial charge in [-0.1, -0.05) is 0 Å². The summed E-state index contributed by atoms with van der Waals surface area (Å²) in [6, 6.07) is 7.72. The smallest absolute Gasteiger partial charge is 0.239 e. The number of aryl methyl sites for hydroxylation is 1. The normalized spacial score (nSPS) is 16.3. The minimum atomic E-state index is -0.319. The lowest BCUT2D eigenvalue weighted by Gasteiger charge is -2.28. The Balaban J connectivity index is 1.68. The van der Waals surface area contributed by atoms with Gasteiger partial charge in [0.1, 0.15) is 11.6 Å². The largest absolute Gasteiger partial charge is 0.393 e. The van der Waals surface area contributed by atoms with Crippen LogP contribution in [0.5, 0.6) is 0 Å². The number of amides is 1. The van der Waals surface area contributed by atoms with E-state index >= 15 is 0 Å². The molecule has 0 atom stereocenters. The van der Waals surface area contributed by atoms with Crippen LogP contribution < -0.4 is 5.32 Å².